The van der Waals surface area contributed by atoms with Crippen molar-refractivity contribution in [2.75, 3.05) is 20.3 Å². The highest BCUT2D eigenvalue weighted by Crippen LogP contribution is 2.29. The maximum atomic E-state index is 13.9. The predicted molar refractivity (Wildman–Crippen MR) is 146 cm³/mol. The van der Waals surface area contributed by atoms with Crippen molar-refractivity contribution in [2.24, 2.45) is 0 Å². The van der Waals surface area contributed by atoms with Gasteiger partial charge in [-0.3, -0.25) is 24.3 Å². The molecule has 0 aliphatic rings. The number of benzene rings is 3. The molecule has 196 valence electrons. The molecule has 4 rings (SSSR count). The molecular weight excluding hydrogens is 508 g/mol. The summed E-state index contributed by atoms with van der Waals surface area (Å²) in [7, 11) is 1.52. The van der Waals surface area contributed by atoms with Crippen LogP contribution >= 0.6 is 11.6 Å². The van der Waals surface area contributed by atoms with Crippen molar-refractivity contribution in [3.63, 3.8) is 0 Å². The summed E-state index contributed by atoms with van der Waals surface area (Å²) in [4.78, 5) is 44.6. The Kier molecular flexibility index (Phi) is 8.19. The van der Waals surface area contributed by atoms with Gasteiger partial charge < -0.3 is 9.64 Å². The van der Waals surface area contributed by atoms with Gasteiger partial charge in [0.15, 0.2) is 0 Å². The molecule has 0 bridgehead atoms. The third-order valence-corrected chi connectivity index (χ3v) is 6.76. The predicted octanol–water partition coefficient (Wildman–Crippen LogP) is 5.36. The first-order chi connectivity index (χ1) is 18.3. The van der Waals surface area contributed by atoms with Crippen molar-refractivity contribution < 1.29 is 14.5 Å². The lowest BCUT2D eigenvalue weighted by Crippen LogP contribution is -2.39. The Balaban J connectivity index is 1.91. The minimum Gasteiger partial charge on any atom is -0.383 e. The molecule has 0 saturated heterocycles. The van der Waals surface area contributed by atoms with Crippen LogP contribution in [0.1, 0.15) is 41.6 Å². The molecule has 0 fully saturated rings. The molecule has 38 heavy (non-hydrogen) atoms. The summed E-state index contributed by atoms with van der Waals surface area (Å²) in [6, 6.07) is 17.7. The van der Waals surface area contributed by atoms with Gasteiger partial charge in [-0.1, -0.05) is 48.9 Å². The zero-order valence-electron chi connectivity index (χ0n) is 21.3. The van der Waals surface area contributed by atoms with E-state index in [4.69, 9.17) is 21.3 Å². The van der Waals surface area contributed by atoms with Crippen molar-refractivity contribution in [1.82, 2.24) is 14.5 Å². The van der Waals surface area contributed by atoms with E-state index in [2.05, 4.69) is 0 Å². The van der Waals surface area contributed by atoms with Crippen LogP contribution in [-0.2, 0) is 11.2 Å². The monoisotopic (exact) mass is 534 g/mol. The van der Waals surface area contributed by atoms with Crippen molar-refractivity contribution >= 4 is 34.1 Å². The number of hydrogen-bond donors (Lipinski definition) is 0. The smallest absolute Gasteiger partial charge is 0.270 e. The number of amides is 1. The highest BCUT2D eigenvalue weighted by Gasteiger charge is 2.29. The zero-order chi connectivity index (χ0) is 27.4. The minimum absolute atomic E-state index is 0.0426. The van der Waals surface area contributed by atoms with Gasteiger partial charge in [0.1, 0.15) is 5.82 Å². The second-order valence-electron chi connectivity index (χ2n) is 8.70. The Morgan fingerprint density at radius 2 is 1.87 bits per heavy atom. The van der Waals surface area contributed by atoms with Gasteiger partial charge in [-0.25, -0.2) is 4.98 Å². The molecular formula is C28H27ClN4O5. The van der Waals surface area contributed by atoms with E-state index in [1.165, 1.54) is 24.1 Å². The first-order valence-electron chi connectivity index (χ1n) is 12.1. The molecule has 3 aromatic carbocycles. The average Bonchev–Trinajstić information content (AvgIpc) is 2.92. The Hall–Kier alpha value is -4.08. The molecule has 1 unspecified atom stereocenters. The summed E-state index contributed by atoms with van der Waals surface area (Å²) < 4.78 is 6.83. The van der Waals surface area contributed by atoms with Gasteiger partial charge in [-0.2, -0.15) is 0 Å². The van der Waals surface area contributed by atoms with Gasteiger partial charge >= 0.3 is 0 Å². The fourth-order valence-electron chi connectivity index (χ4n) is 4.44. The molecule has 10 heteroatoms. The molecule has 1 amide bonds. The van der Waals surface area contributed by atoms with E-state index in [9.17, 15) is 19.7 Å². The first-order valence-corrected chi connectivity index (χ1v) is 12.5. The summed E-state index contributed by atoms with van der Waals surface area (Å²) in [5, 5.41) is 11.6. The van der Waals surface area contributed by atoms with E-state index in [-0.39, 0.29) is 35.0 Å². The van der Waals surface area contributed by atoms with Gasteiger partial charge in [0.2, 0.25) is 0 Å². The van der Waals surface area contributed by atoms with Crippen LogP contribution in [0, 0.1) is 10.1 Å². The summed E-state index contributed by atoms with van der Waals surface area (Å²) in [6.45, 7) is 4.17. The molecule has 0 radical (unpaired) electrons. The summed E-state index contributed by atoms with van der Waals surface area (Å²) in [5.74, 6) is -0.0933. The van der Waals surface area contributed by atoms with Crippen LogP contribution in [0.15, 0.2) is 71.5 Å². The standard InChI is InChI=1S/C28H27ClN4O5/c1-4-19-9-5-8-12-25(19)32-26(30-24-11-7-6-10-22(24)28(32)35)18(2)31(15-16-38-3)27(34)21-14-13-20(33(36)37)17-23(21)29/h5-14,17-18H,4,15-16H2,1-3H3. The number of halogens is 1. The lowest BCUT2D eigenvalue weighted by Gasteiger charge is -2.31. The van der Waals surface area contributed by atoms with Crippen LogP contribution in [-0.4, -0.2) is 45.5 Å². The number of methoxy groups -OCH3 is 1. The van der Waals surface area contributed by atoms with Crippen molar-refractivity contribution in [3.8, 4) is 5.69 Å². The fraction of sp³-hybridized carbons (Fsp3) is 0.250. The van der Waals surface area contributed by atoms with E-state index in [1.54, 1.807) is 35.8 Å². The number of non-ortho nitro benzene ring substituents is 1. The molecule has 1 aromatic heterocycles. The maximum absolute atomic E-state index is 13.9. The number of hydrogen-bond acceptors (Lipinski definition) is 6. The minimum atomic E-state index is -0.689. The Morgan fingerprint density at radius 3 is 2.55 bits per heavy atom. The molecule has 1 heterocycles. The molecule has 9 nitrogen and oxygen atoms in total. The number of nitrogens with zero attached hydrogens (tertiary/aromatic N) is 4. The normalized spacial score (nSPS) is 11.9. The van der Waals surface area contributed by atoms with Gasteiger partial charge in [-0.05, 0) is 43.2 Å². The van der Waals surface area contributed by atoms with Crippen LogP contribution in [0.4, 0.5) is 5.69 Å². The quantitative estimate of drug-likeness (QED) is 0.211. The highest BCUT2D eigenvalue weighted by atomic mass is 35.5. The van der Waals surface area contributed by atoms with Crippen LogP contribution < -0.4 is 5.56 Å². The number of rotatable bonds is 9. The number of nitro benzene ring substituents is 1. The first kappa shape index (κ1) is 27.0. The molecule has 1 atom stereocenters. The van der Waals surface area contributed by atoms with E-state index in [0.717, 1.165) is 11.6 Å². The van der Waals surface area contributed by atoms with E-state index in [1.807, 2.05) is 31.2 Å². The molecule has 0 aliphatic carbocycles. The fourth-order valence-corrected chi connectivity index (χ4v) is 4.69. The van der Waals surface area contributed by atoms with Gasteiger partial charge in [0.05, 0.1) is 44.7 Å². The summed E-state index contributed by atoms with van der Waals surface area (Å²) >= 11 is 6.31. The second kappa shape index (κ2) is 11.5. The Labute approximate surface area is 224 Å². The van der Waals surface area contributed by atoms with E-state index >= 15 is 0 Å². The second-order valence-corrected chi connectivity index (χ2v) is 9.11. The number of ether oxygens (including phenoxy) is 1. The number of fused-ring (bicyclic) bond motifs is 1. The number of nitro groups is 1. The van der Waals surface area contributed by atoms with Gasteiger partial charge in [0, 0.05) is 25.8 Å². The Morgan fingerprint density at radius 1 is 1.16 bits per heavy atom. The maximum Gasteiger partial charge on any atom is 0.270 e. The van der Waals surface area contributed by atoms with Crippen LogP contribution in [0.3, 0.4) is 0 Å². The highest BCUT2D eigenvalue weighted by molar-refractivity contribution is 6.34. The van der Waals surface area contributed by atoms with Crippen LogP contribution in [0.25, 0.3) is 16.6 Å². The lowest BCUT2D eigenvalue weighted by molar-refractivity contribution is -0.384. The Bertz CT molecular complexity index is 1570. The van der Waals surface area contributed by atoms with Gasteiger partial charge in [0.25, 0.3) is 17.2 Å². The zero-order valence-corrected chi connectivity index (χ0v) is 22.0. The lowest BCUT2D eigenvalue weighted by atomic mass is 10.1. The van der Waals surface area contributed by atoms with Crippen molar-refractivity contribution in [1.29, 1.82) is 0 Å². The van der Waals surface area contributed by atoms with Crippen molar-refractivity contribution in [3.05, 3.63) is 109 Å². The number of aryl methyl sites for hydroxylation is 1. The van der Waals surface area contributed by atoms with Crippen molar-refractivity contribution in [2.45, 2.75) is 26.3 Å². The average molecular weight is 535 g/mol. The van der Waals surface area contributed by atoms with E-state index < -0.39 is 16.9 Å². The van der Waals surface area contributed by atoms with Crippen LogP contribution in [0.2, 0.25) is 5.02 Å². The van der Waals surface area contributed by atoms with E-state index in [0.29, 0.717) is 28.8 Å². The SMILES string of the molecule is CCc1ccccc1-n1c(C(C)N(CCOC)C(=O)c2ccc([N+](=O)[O-])cc2Cl)nc2ccccc2c1=O. The summed E-state index contributed by atoms with van der Waals surface area (Å²) in [5.41, 5.74) is 1.79. The topological polar surface area (TPSA) is 108 Å². The third kappa shape index (κ3) is 5.16. The summed E-state index contributed by atoms with van der Waals surface area (Å²) in [6.07, 6.45) is 0.688. The largest absolute Gasteiger partial charge is 0.383 e. The number of aromatic nitrogens is 2. The number of para-hydroxylation sites is 2. The molecule has 0 aliphatic heterocycles. The number of carbonyl (C=O) groups excluding carboxylic acids is 1. The van der Waals surface area contributed by atoms with Gasteiger partial charge in [-0.15, -0.1) is 0 Å². The molecule has 0 spiro atoms. The molecule has 0 N–H and O–H groups in total. The van der Waals surface area contributed by atoms with Crippen LogP contribution in [0.5, 0.6) is 0 Å². The molecule has 0 saturated carbocycles. The molecule has 4 aromatic rings. The number of carbonyl (C=O) groups is 1. The third-order valence-electron chi connectivity index (χ3n) is 6.45.